The van der Waals surface area contributed by atoms with E-state index in [4.69, 9.17) is 14.2 Å². The number of benzene rings is 1. The lowest BCUT2D eigenvalue weighted by Gasteiger charge is -2.29. The molecule has 1 aromatic rings. The van der Waals surface area contributed by atoms with Crippen molar-refractivity contribution in [1.29, 1.82) is 0 Å². The Balaban J connectivity index is 3.27. The normalized spacial score (nSPS) is 11.6. The molecule has 2 amide bonds. The third kappa shape index (κ3) is 7.58. The molecule has 0 heterocycles. The molecule has 0 aliphatic heterocycles. The van der Waals surface area contributed by atoms with Crippen LogP contribution in [0.2, 0.25) is 0 Å². The van der Waals surface area contributed by atoms with E-state index in [1.807, 2.05) is 0 Å². The first-order chi connectivity index (χ1) is 12.2. The van der Waals surface area contributed by atoms with Crippen molar-refractivity contribution in [3.8, 4) is 0 Å². The fourth-order valence-corrected chi connectivity index (χ4v) is 2.36. The van der Waals surface area contributed by atoms with Gasteiger partial charge in [0.25, 0.3) is 0 Å². The van der Waals surface area contributed by atoms with Crippen molar-refractivity contribution in [3.63, 3.8) is 0 Å². The number of imide groups is 1. The van der Waals surface area contributed by atoms with Crippen LogP contribution in [0.3, 0.4) is 0 Å². The molecule has 0 saturated heterocycles. The molecule has 0 spiro atoms. The lowest BCUT2D eigenvalue weighted by Crippen LogP contribution is -2.43. The summed E-state index contributed by atoms with van der Waals surface area (Å²) in [7, 11) is 1.26. The summed E-state index contributed by atoms with van der Waals surface area (Å²) < 4.78 is 16.1. The molecule has 0 atom stereocenters. The van der Waals surface area contributed by atoms with E-state index < -0.39 is 29.4 Å². The summed E-state index contributed by atoms with van der Waals surface area (Å²) in [6, 6.07) is 4.88. The summed E-state index contributed by atoms with van der Waals surface area (Å²) in [5.74, 6) is -0.584. The highest BCUT2D eigenvalue weighted by Crippen LogP contribution is 2.22. The first-order valence-electron chi connectivity index (χ1n) is 8.34. The number of esters is 1. The maximum Gasteiger partial charge on any atom is 0.420 e. The summed E-state index contributed by atoms with van der Waals surface area (Å²) in [4.78, 5) is 38.1. The number of rotatable bonds is 3. The molecule has 0 aromatic heterocycles. The number of hydrogen-bond donors (Lipinski definition) is 0. The predicted octanol–water partition coefficient (Wildman–Crippen LogP) is 4.91. The third-order valence-corrected chi connectivity index (χ3v) is 3.53. The van der Waals surface area contributed by atoms with Gasteiger partial charge in [-0.15, -0.1) is 0 Å². The summed E-state index contributed by atoms with van der Waals surface area (Å²) in [6.07, 6.45) is -1.73. The van der Waals surface area contributed by atoms with E-state index in [2.05, 4.69) is 15.9 Å². The molecule has 0 bridgehead atoms. The van der Waals surface area contributed by atoms with Crippen molar-refractivity contribution in [1.82, 2.24) is 4.90 Å². The monoisotopic (exact) mass is 443 g/mol. The van der Waals surface area contributed by atoms with E-state index in [9.17, 15) is 14.4 Å². The average molecular weight is 444 g/mol. The topological polar surface area (TPSA) is 82.1 Å². The van der Waals surface area contributed by atoms with Gasteiger partial charge in [0.05, 0.1) is 19.2 Å². The lowest BCUT2D eigenvalue weighted by molar-refractivity contribution is -0.000446. The Labute approximate surface area is 168 Å². The second kappa shape index (κ2) is 8.73. The van der Waals surface area contributed by atoms with Gasteiger partial charge in [-0.25, -0.2) is 19.3 Å². The first-order valence-corrected chi connectivity index (χ1v) is 9.13. The summed E-state index contributed by atoms with van der Waals surface area (Å²) >= 11 is 3.29. The zero-order valence-electron chi connectivity index (χ0n) is 16.7. The Bertz CT molecular complexity index is 690. The summed E-state index contributed by atoms with van der Waals surface area (Å²) in [6.45, 7) is 9.95. The van der Waals surface area contributed by atoms with Crippen LogP contribution in [-0.2, 0) is 20.8 Å². The number of ether oxygens (including phenoxy) is 3. The third-order valence-electron chi connectivity index (χ3n) is 3.03. The minimum Gasteiger partial charge on any atom is -0.465 e. The predicted molar refractivity (Wildman–Crippen MR) is 103 cm³/mol. The van der Waals surface area contributed by atoms with Gasteiger partial charge in [-0.05, 0) is 59.2 Å². The highest BCUT2D eigenvalue weighted by molar-refractivity contribution is 9.10. The molecular weight excluding hydrogens is 418 g/mol. The van der Waals surface area contributed by atoms with Crippen molar-refractivity contribution in [3.05, 3.63) is 33.8 Å². The van der Waals surface area contributed by atoms with Crippen LogP contribution in [0.4, 0.5) is 9.59 Å². The number of halogens is 1. The van der Waals surface area contributed by atoms with Crippen molar-refractivity contribution in [2.45, 2.75) is 59.3 Å². The molecule has 1 rings (SSSR count). The Kier molecular flexibility index (Phi) is 7.42. The van der Waals surface area contributed by atoms with Crippen molar-refractivity contribution >= 4 is 34.1 Å². The molecule has 0 aliphatic carbocycles. The van der Waals surface area contributed by atoms with Gasteiger partial charge in [0, 0.05) is 4.47 Å². The van der Waals surface area contributed by atoms with Gasteiger partial charge < -0.3 is 14.2 Å². The lowest BCUT2D eigenvalue weighted by atomic mass is 10.1. The molecule has 0 N–H and O–H groups in total. The molecule has 1 aromatic carbocycles. The van der Waals surface area contributed by atoms with Gasteiger partial charge in [-0.1, -0.05) is 22.0 Å². The Morgan fingerprint density at radius 2 is 1.44 bits per heavy atom. The molecule has 0 radical (unpaired) electrons. The molecule has 0 saturated carbocycles. The minimum atomic E-state index is -0.865. The fraction of sp³-hybridized carbons (Fsp3) is 0.526. The van der Waals surface area contributed by atoms with E-state index in [0.717, 1.165) is 4.90 Å². The highest BCUT2D eigenvalue weighted by Gasteiger charge is 2.32. The van der Waals surface area contributed by atoms with Crippen LogP contribution in [0.1, 0.15) is 57.5 Å². The first kappa shape index (κ1) is 23.0. The highest BCUT2D eigenvalue weighted by atomic mass is 79.9. The van der Waals surface area contributed by atoms with E-state index >= 15 is 0 Å². The number of hydrogen-bond acceptors (Lipinski definition) is 6. The average Bonchev–Trinajstić information content (AvgIpc) is 2.49. The van der Waals surface area contributed by atoms with Crippen LogP contribution >= 0.6 is 15.9 Å². The number of amides is 2. The zero-order valence-corrected chi connectivity index (χ0v) is 18.3. The van der Waals surface area contributed by atoms with Gasteiger partial charge in [0.2, 0.25) is 0 Å². The Morgan fingerprint density at radius 1 is 0.963 bits per heavy atom. The Hall–Kier alpha value is -2.09. The maximum atomic E-state index is 12.6. The number of carbonyl (C=O) groups is 3. The quantitative estimate of drug-likeness (QED) is 0.487. The van der Waals surface area contributed by atoms with Gasteiger partial charge in [-0.3, -0.25) is 0 Å². The smallest absolute Gasteiger partial charge is 0.420 e. The standard InChI is InChI=1S/C19H26BrNO6/c1-18(2,3)26-16(23)21(17(24)27-19(4,5)6)11-12-8-9-13(20)10-14(12)15(22)25-7/h8-10H,11H2,1-7H3. The molecular formula is C19H26BrNO6. The SMILES string of the molecule is COC(=O)c1cc(Br)ccc1CN(C(=O)OC(C)(C)C)C(=O)OC(C)(C)C. The number of methoxy groups -OCH3 is 1. The second-order valence-electron chi connectivity index (χ2n) is 7.84. The van der Waals surface area contributed by atoms with Gasteiger partial charge in [-0.2, -0.15) is 0 Å². The van der Waals surface area contributed by atoms with E-state index in [1.165, 1.54) is 7.11 Å². The van der Waals surface area contributed by atoms with Gasteiger partial charge in [0.15, 0.2) is 0 Å². The largest absolute Gasteiger partial charge is 0.465 e. The van der Waals surface area contributed by atoms with Gasteiger partial charge >= 0.3 is 18.2 Å². The van der Waals surface area contributed by atoms with Crippen molar-refractivity contribution < 1.29 is 28.6 Å². The maximum absolute atomic E-state index is 12.6. The Morgan fingerprint density at radius 3 is 1.85 bits per heavy atom. The molecule has 8 heteroatoms. The fourth-order valence-electron chi connectivity index (χ4n) is 1.99. The van der Waals surface area contributed by atoms with Gasteiger partial charge in [0.1, 0.15) is 11.2 Å². The van der Waals surface area contributed by atoms with Crippen molar-refractivity contribution in [2.24, 2.45) is 0 Å². The van der Waals surface area contributed by atoms with E-state index in [-0.39, 0.29) is 12.1 Å². The van der Waals surface area contributed by atoms with Crippen LogP contribution in [0, 0.1) is 0 Å². The van der Waals surface area contributed by atoms with Crippen LogP contribution in [0.25, 0.3) is 0 Å². The molecule has 150 valence electrons. The minimum absolute atomic E-state index is 0.207. The van der Waals surface area contributed by atoms with Crippen LogP contribution in [-0.4, -0.2) is 41.4 Å². The van der Waals surface area contributed by atoms with Crippen molar-refractivity contribution in [2.75, 3.05) is 7.11 Å². The van der Waals surface area contributed by atoms with Crippen LogP contribution in [0.15, 0.2) is 22.7 Å². The van der Waals surface area contributed by atoms with Crippen LogP contribution in [0.5, 0.6) is 0 Å². The molecule has 27 heavy (non-hydrogen) atoms. The summed E-state index contributed by atoms with van der Waals surface area (Å²) in [5.41, 5.74) is -0.962. The zero-order chi connectivity index (χ0) is 21.0. The molecule has 0 fully saturated rings. The number of carbonyl (C=O) groups excluding carboxylic acids is 3. The van der Waals surface area contributed by atoms with Crippen LogP contribution < -0.4 is 0 Å². The van der Waals surface area contributed by atoms with E-state index in [1.54, 1.807) is 59.7 Å². The van der Waals surface area contributed by atoms with E-state index in [0.29, 0.717) is 10.0 Å². The molecule has 7 nitrogen and oxygen atoms in total. The molecule has 0 aliphatic rings. The second-order valence-corrected chi connectivity index (χ2v) is 8.76. The summed E-state index contributed by atoms with van der Waals surface area (Å²) in [5, 5.41) is 0. The molecule has 0 unspecified atom stereocenters. The number of nitrogens with zero attached hydrogens (tertiary/aromatic N) is 1.